The van der Waals surface area contributed by atoms with Gasteiger partial charge in [0.1, 0.15) is 12.1 Å². The van der Waals surface area contributed by atoms with E-state index >= 15 is 0 Å². The second-order valence-electron chi connectivity index (χ2n) is 6.51. The van der Waals surface area contributed by atoms with Crippen LogP contribution in [0, 0.1) is 0 Å². The Balaban J connectivity index is 1.91. The lowest BCUT2D eigenvalue weighted by Crippen LogP contribution is -2.12. The molecule has 6 heteroatoms. The molecular formula is C21H14BrN3O2. The van der Waals surface area contributed by atoms with Crippen molar-refractivity contribution in [2.75, 3.05) is 7.11 Å². The standard InChI is InChI=1S/C21H14BrN3O2/c1-27-15-6-17-16-3-2-14(22)5-19(16)25-10-13(4-12-8-23-11-24-9-12)21(26)18(7-15)20(17)25/h2-3,5-11H,4H2,1H3. The Morgan fingerprint density at radius 2 is 1.85 bits per heavy atom. The van der Waals surface area contributed by atoms with Gasteiger partial charge in [-0.15, -0.1) is 0 Å². The summed E-state index contributed by atoms with van der Waals surface area (Å²) in [5.41, 5.74) is 3.57. The zero-order valence-corrected chi connectivity index (χ0v) is 16.0. The van der Waals surface area contributed by atoms with Crippen LogP contribution < -0.4 is 10.2 Å². The van der Waals surface area contributed by atoms with E-state index in [1.54, 1.807) is 19.5 Å². The maximum Gasteiger partial charge on any atom is 0.193 e. The lowest BCUT2D eigenvalue weighted by Gasteiger charge is -2.08. The largest absolute Gasteiger partial charge is 0.497 e. The number of hydrogen-bond acceptors (Lipinski definition) is 4. The van der Waals surface area contributed by atoms with Gasteiger partial charge in [-0.25, -0.2) is 9.97 Å². The second-order valence-corrected chi connectivity index (χ2v) is 7.43. The van der Waals surface area contributed by atoms with Crippen molar-refractivity contribution in [1.29, 1.82) is 0 Å². The Labute approximate surface area is 162 Å². The predicted octanol–water partition coefficient (Wildman–Crippen LogP) is 4.20. The van der Waals surface area contributed by atoms with Crippen molar-refractivity contribution in [2.45, 2.75) is 6.42 Å². The summed E-state index contributed by atoms with van der Waals surface area (Å²) in [6.07, 6.45) is 7.38. The minimum atomic E-state index is 0.0112. The van der Waals surface area contributed by atoms with E-state index in [1.807, 2.05) is 24.4 Å². The topological polar surface area (TPSA) is 56.5 Å². The van der Waals surface area contributed by atoms with Crippen LogP contribution in [-0.2, 0) is 6.42 Å². The molecule has 5 aromatic rings. The van der Waals surface area contributed by atoms with Crippen LogP contribution >= 0.6 is 15.9 Å². The number of benzene rings is 2. The number of pyridine rings is 1. The van der Waals surface area contributed by atoms with Gasteiger partial charge in [0.05, 0.1) is 23.5 Å². The Hall–Kier alpha value is -2.99. The van der Waals surface area contributed by atoms with Crippen LogP contribution in [0.15, 0.2) is 64.5 Å². The van der Waals surface area contributed by atoms with Gasteiger partial charge in [-0.05, 0) is 29.8 Å². The molecule has 0 amide bonds. The summed E-state index contributed by atoms with van der Waals surface area (Å²) in [5, 5.41) is 2.76. The lowest BCUT2D eigenvalue weighted by atomic mass is 10.0. The third kappa shape index (κ3) is 2.48. The molecule has 0 aliphatic carbocycles. The highest BCUT2D eigenvalue weighted by atomic mass is 79.9. The SMILES string of the molecule is COc1cc2c(=O)c(Cc3cncnc3)cn3c4cc(Br)ccc4c(c1)c23. The normalized spacial score (nSPS) is 11.6. The van der Waals surface area contributed by atoms with Crippen molar-refractivity contribution in [3.05, 3.63) is 81.1 Å². The fourth-order valence-corrected chi connectivity index (χ4v) is 4.05. The zero-order chi connectivity index (χ0) is 18.5. The van der Waals surface area contributed by atoms with Crippen molar-refractivity contribution in [1.82, 2.24) is 14.4 Å². The molecule has 0 spiro atoms. The molecule has 0 atom stereocenters. The second kappa shape index (κ2) is 6.03. The van der Waals surface area contributed by atoms with Crippen molar-refractivity contribution >= 4 is 43.1 Å². The van der Waals surface area contributed by atoms with E-state index in [9.17, 15) is 4.79 Å². The summed E-state index contributed by atoms with van der Waals surface area (Å²) in [5.74, 6) is 0.678. The van der Waals surface area contributed by atoms with Gasteiger partial charge in [0.2, 0.25) is 0 Å². The maximum atomic E-state index is 13.2. The summed E-state index contributed by atoms with van der Waals surface area (Å²) < 4.78 is 8.56. The summed E-state index contributed by atoms with van der Waals surface area (Å²) in [6.45, 7) is 0. The third-order valence-electron chi connectivity index (χ3n) is 4.90. The molecule has 2 aromatic carbocycles. The molecule has 0 saturated heterocycles. The quantitative estimate of drug-likeness (QED) is 0.439. The molecule has 0 radical (unpaired) electrons. The highest BCUT2D eigenvalue weighted by molar-refractivity contribution is 9.10. The van der Waals surface area contributed by atoms with E-state index in [4.69, 9.17) is 4.74 Å². The molecule has 0 N–H and O–H groups in total. The highest BCUT2D eigenvalue weighted by Gasteiger charge is 2.17. The summed E-state index contributed by atoms with van der Waals surface area (Å²) >= 11 is 3.56. The molecule has 0 unspecified atom stereocenters. The monoisotopic (exact) mass is 419 g/mol. The number of methoxy groups -OCH3 is 1. The first-order valence-corrected chi connectivity index (χ1v) is 9.25. The summed E-state index contributed by atoms with van der Waals surface area (Å²) in [4.78, 5) is 21.3. The molecule has 0 aliphatic rings. The molecule has 5 nitrogen and oxygen atoms in total. The molecule has 5 rings (SSSR count). The van der Waals surface area contributed by atoms with Crippen molar-refractivity contribution in [3.8, 4) is 5.75 Å². The summed E-state index contributed by atoms with van der Waals surface area (Å²) in [6, 6.07) is 9.96. The molecule has 27 heavy (non-hydrogen) atoms. The van der Waals surface area contributed by atoms with Crippen LogP contribution in [0.2, 0.25) is 0 Å². The van der Waals surface area contributed by atoms with Crippen LogP contribution in [0.25, 0.3) is 27.2 Å². The Morgan fingerprint density at radius 3 is 2.63 bits per heavy atom. The highest BCUT2D eigenvalue weighted by Crippen LogP contribution is 2.35. The number of nitrogens with zero attached hydrogens (tertiary/aromatic N) is 3. The van der Waals surface area contributed by atoms with E-state index in [0.29, 0.717) is 23.1 Å². The number of hydrogen-bond donors (Lipinski definition) is 0. The summed E-state index contributed by atoms with van der Waals surface area (Å²) in [7, 11) is 1.62. The number of aromatic nitrogens is 3. The molecule has 3 aromatic heterocycles. The molecular weight excluding hydrogens is 406 g/mol. The van der Waals surface area contributed by atoms with Crippen LogP contribution in [0.3, 0.4) is 0 Å². The maximum absolute atomic E-state index is 13.2. The lowest BCUT2D eigenvalue weighted by molar-refractivity contribution is 0.416. The fraction of sp³-hybridized carbons (Fsp3) is 0.0952. The Bertz CT molecular complexity index is 1360. The van der Waals surface area contributed by atoms with Gasteiger partial charge in [-0.3, -0.25) is 4.79 Å². The first-order valence-electron chi connectivity index (χ1n) is 8.46. The first-order chi connectivity index (χ1) is 13.2. The van der Waals surface area contributed by atoms with Crippen LogP contribution in [0.4, 0.5) is 0 Å². The van der Waals surface area contributed by atoms with Crippen LogP contribution in [0.1, 0.15) is 11.1 Å². The Morgan fingerprint density at radius 1 is 1.07 bits per heavy atom. The molecule has 3 heterocycles. The van der Waals surface area contributed by atoms with Gasteiger partial charge >= 0.3 is 0 Å². The van der Waals surface area contributed by atoms with Gasteiger partial charge in [-0.1, -0.05) is 22.0 Å². The van der Waals surface area contributed by atoms with E-state index < -0.39 is 0 Å². The van der Waals surface area contributed by atoms with E-state index in [2.05, 4.69) is 42.4 Å². The van der Waals surface area contributed by atoms with Crippen molar-refractivity contribution in [3.63, 3.8) is 0 Å². The van der Waals surface area contributed by atoms with Gasteiger partial charge in [0.25, 0.3) is 0 Å². The van der Waals surface area contributed by atoms with Crippen molar-refractivity contribution in [2.24, 2.45) is 0 Å². The number of halogens is 1. The molecule has 0 bridgehead atoms. The van der Waals surface area contributed by atoms with Gasteiger partial charge in [0, 0.05) is 45.8 Å². The molecule has 0 saturated carbocycles. The van der Waals surface area contributed by atoms with Crippen molar-refractivity contribution < 1.29 is 4.74 Å². The van der Waals surface area contributed by atoms with Crippen LogP contribution in [0.5, 0.6) is 5.75 Å². The zero-order valence-electron chi connectivity index (χ0n) is 14.4. The molecule has 0 aliphatic heterocycles. The average molecular weight is 420 g/mol. The number of ether oxygens (including phenoxy) is 1. The molecule has 132 valence electrons. The minimum absolute atomic E-state index is 0.0112. The van der Waals surface area contributed by atoms with Gasteiger partial charge in [0.15, 0.2) is 5.43 Å². The minimum Gasteiger partial charge on any atom is -0.497 e. The van der Waals surface area contributed by atoms with E-state index in [-0.39, 0.29) is 5.43 Å². The fourth-order valence-electron chi connectivity index (χ4n) is 3.70. The predicted molar refractivity (Wildman–Crippen MR) is 109 cm³/mol. The van der Waals surface area contributed by atoms with Crippen LogP contribution in [-0.4, -0.2) is 21.5 Å². The third-order valence-corrected chi connectivity index (χ3v) is 5.39. The smallest absolute Gasteiger partial charge is 0.193 e. The number of fused-ring (bicyclic) bond motifs is 3. The van der Waals surface area contributed by atoms with Gasteiger partial charge in [-0.2, -0.15) is 0 Å². The Kier molecular flexibility index (Phi) is 3.62. The first kappa shape index (κ1) is 16.2. The molecule has 0 fully saturated rings. The van der Waals surface area contributed by atoms with Gasteiger partial charge < -0.3 is 9.14 Å². The van der Waals surface area contributed by atoms with E-state index in [1.165, 1.54) is 6.33 Å². The van der Waals surface area contributed by atoms with E-state index in [0.717, 1.165) is 31.8 Å². The number of rotatable bonds is 3. The average Bonchev–Trinajstić information content (AvgIpc) is 2.99.